The summed E-state index contributed by atoms with van der Waals surface area (Å²) in [7, 11) is -3.93. The van der Waals surface area contributed by atoms with E-state index in [4.69, 9.17) is 19.4 Å². The number of aromatic nitrogens is 3. The molecule has 8 rings (SSSR count). The molecule has 15 nitrogen and oxygen atoms in total. The number of hydrogen-bond donors (Lipinski definition) is 3. The van der Waals surface area contributed by atoms with Crippen LogP contribution in [0.4, 0.5) is 9.18 Å². The van der Waals surface area contributed by atoms with Crippen LogP contribution in [0.25, 0.3) is 31.8 Å². The van der Waals surface area contributed by atoms with E-state index in [1.807, 2.05) is 18.2 Å². The summed E-state index contributed by atoms with van der Waals surface area (Å²) in [6.07, 6.45) is 7.85. The van der Waals surface area contributed by atoms with Crippen molar-refractivity contribution in [1.29, 1.82) is 0 Å². The van der Waals surface area contributed by atoms with Crippen molar-refractivity contribution in [2.75, 3.05) is 6.54 Å². The molecule has 0 unspecified atom stereocenters. The SMILES string of the molecule is CC(C)(C)OC(=O)N[C@H]1CCCCC/C=C\[C@@H]2C[C@@]2(C(=O)NS(=O)(=O)C2CC2)NC(=O)[C@@H]2C[C@@H](Oc3nc(-c4cccc(F)c4)nc4c3sc3ncccc34)CN2C1=O. The Morgan fingerprint density at radius 2 is 1.88 bits per heavy atom. The first-order valence-electron chi connectivity index (χ1n) is 19.9. The topological polar surface area (TPSA) is 199 Å². The molecule has 2 aliphatic heterocycles. The number of sulfonamides is 1. The van der Waals surface area contributed by atoms with Crippen LogP contribution in [0, 0.1) is 11.7 Å². The van der Waals surface area contributed by atoms with Crippen LogP contribution >= 0.6 is 11.3 Å². The third-order valence-electron chi connectivity index (χ3n) is 11.0. The predicted octanol–water partition coefficient (Wildman–Crippen LogP) is 5.29. The number of allylic oxidation sites excluding steroid dienone is 1. The lowest BCUT2D eigenvalue weighted by molar-refractivity contribution is -0.141. The van der Waals surface area contributed by atoms with E-state index in [-0.39, 0.29) is 37.5 Å². The van der Waals surface area contributed by atoms with E-state index in [0.29, 0.717) is 46.3 Å². The van der Waals surface area contributed by atoms with Crippen LogP contribution in [0.5, 0.6) is 5.88 Å². The number of alkyl carbamates (subject to hydrolysis) is 1. The molecule has 59 heavy (non-hydrogen) atoms. The summed E-state index contributed by atoms with van der Waals surface area (Å²) >= 11 is 1.30. The number of rotatable bonds is 7. The number of hydrogen-bond acceptors (Lipinski definition) is 12. The number of ether oxygens (including phenoxy) is 2. The Kier molecular flexibility index (Phi) is 10.8. The van der Waals surface area contributed by atoms with Gasteiger partial charge in [0.1, 0.15) is 44.7 Å². The number of amides is 4. The predicted molar refractivity (Wildman–Crippen MR) is 217 cm³/mol. The minimum absolute atomic E-state index is 0.0424. The summed E-state index contributed by atoms with van der Waals surface area (Å²) < 4.78 is 55.2. The van der Waals surface area contributed by atoms with Crippen molar-refractivity contribution in [2.45, 2.75) is 113 Å². The van der Waals surface area contributed by atoms with E-state index < -0.39 is 80.2 Å². The molecule has 4 aliphatic rings. The number of nitrogens with one attached hydrogen (secondary N) is 3. The third-order valence-corrected chi connectivity index (χ3v) is 13.9. The number of thiophene rings is 1. The van der Waals surface area contributed by atoms with Gasteiger partial charge in [-0.2, -0.15) is 4.98 Å². The normalized spacial score (nSPS) is 25.9. The van der Waals surface area contributed by atoms with E-state index in [2.05, 4.69) is 20.3 Å². The van der Waals surface area contributed by atoms with Gasteiger partial charge in [-0.3, -0.25) is 19.1 Å². The Morgan fingerprint density at radius 1 is 1.07 bits per heavy atom. The second-order valence-electron chi connectivity index (χ2n) is 16.7. The summed E-state index contributed by atoms with van der Waals surface area (Å²) in [6.45, 7) is 5.03. The molecular formula is C41H46FN7O8S2. The van der Waals surface area contributed by atoms with Crippen LogP contribution in [-0.2, 0) is 29.1 Å². The summed E-state index contributed by atoms with van der Waals surface area (Å²) in [5.74, 6) is -2.65. The van der Waals surface area contributed by atoms with E-state index in [9.17, 15) is 32.0 Å². The van der Waals surface area contributed by atoms with Crippen molar-refractivity contribution in [2.24, 2.45) is 5.92 Å². The molecule has 3 aromatic heterocycles. The number of carbonyl (C=O) groups is 4. The zero-order chi connectivity index (χ0) is 41.7. The van der Waals surface area contributed by atoms with E-state index >= 15 is 0 Å². The fourth-order valence-corrected chi connectivity index (χ4v) is 10.1. The highest BCUT2D eigenvalue weighted by molar-refractivity contribution is 7.91. The molecule has 0 radical (unpaired) electrons. The molecule has 3 N–H and O–H groups in total. The van der Waals surface area contributed by atoms with Crippen molar-refractivity contribution in [1.82, 2.24) is 35.2 Å². The van der Waals surface area contributed by atoms with E-state index in [1.165, 1.54) is 28.4 Å². The molecule has 2 saturated carbocycles. The van der Waals surface area contributed by atoms with Gasteiger partial charge in [0, 0.05) is 29.5 Å². The zero-order valence-corrected chi connectivity index (χ0v) is 34.5. The first-order chi connectivity index (χ1) is 28.1. The van der Waals surface area contributed by atoms with Crippen molar-refractivity contribution >= 4 is 65.6 Å². The second-order valence-corrected chi connectivity index (χ2v) is 19.7. The Labute approximate surface area is 344 Å². The maximum Gasteiger partial charge on any atom is 0.408 e. The van der Waals surface area contributed by atoms with Gasteiger partial charge in [-0.1, -0.05) is 37.1 Å². The quantitative estimate of drug-likeness (QED) is 0.204. The zero-order valence-electron chi connectivity index (χ0n) is 32.9. The van der Waals surface area contributed by atoms with Crippen LogP contribution in [0.3, 0.4) is 0 Å². The number of halogens is 1. The highest BCUT2D eigenvalue weighted by Crippen LogP contribution is 2.46. The van der Waals surface area contributed by atoms with Crippen molar-refractivity contribution in [3.05, 3.63) is 60.6 Å². The summed E-state index contributed by atoms with van der Waals surface area (Å²) in [6, 6.07) is 7.24. The average molecular weight is 848 g/mol. The molecule has 1 aromatic carbocycles. The Hall–Kier alpha value is -5.23. The van der Waals surface area contributed by atoms with Gasteiger partial charge < -0.3 is 25.0 Å². The van der Waals surface area contributed by atoms with Gasteiger partial charge in [0.15, 0.2) is 5.82 Å². The van der Waals surface area contributed by atoms with Gasteiger partial charge in [0.2, 0.25) is 27.7 Å². The fraction of sp³-hybridized carbons (Fsp3) is 0.488. The number of fused-ring (bicyclic) bond motifs is 5. The lowest BCUT2D eigenvalue weighted by atomic mass is 10.0. The number of benzene rings is 1. The molecule has 5 atom stereocenters. The Balaban J connectivity index is 1.15. The average Bonchev–Trinajstić information content (AvgIpc) is 4.07. The van der Waals surface area contributed by atoms with Crippen LogP contribution in [-0.4, -0.2) is 93.2 Å². The Morgan fingerprint density at radius 3 is 2.64 bits per heavy atom. The highest BCUT2D eigenvalue weighted by Gasteiger charge is 2.62. The third kappa shape index (κ3) is 8.74. The first kappa shape index (κ1) is 40.5. The molecule has 3 fully saturated rings. The minimum atomic E-state index is -3.93. The molecule has 18 heteroatoms. The standard InChI is InChI=1S/C41H46FN7O8S2/c1-40(2,3)57-39(53)44-29-15-8-6-4-5-7-12-24-21-41(24,38(52)48-59(54,55)27-16-17-27)47-34(50)30-20-26(22-49(30)37(29)51)56-35-32-31(28-14-10-18-43-36(28)58-32)45-33(46-35)23-11-9-13-25(42)19-23/h7,9-14,18-19,24,26-27,29-30H,4-6,8,15-17,20-22H2,1-3H3,(H,44,53)(H,47,50)(H,48,52)/b12-7-/t24-,26-,29+,30+,41-/m1/s1. The van der Waals surface area contributed by atoms with Crippen LogP contribution < -0.4 is 20.1 Å². The Bertz CT molecular complexity index is 2470. The van der Waals surface area contributed by atoms with Gasteiger partial charge in [-0.25, -0.2) is 27.6 Å². The van der Waals surface area contributed by atoms with Crippen LogP contribution in [0.2, 0.25) is 0 Å². The molecular weight excluding hydrogens is 802 g/mol. The van der Waals surface area contributed by atoms with Crippen molar-refractivity contribution in [3.63, 3.8) is 0 Å². The highest BCUT2D eigenvalue weighted by atomic mass is 32.2. The van der Waals surface area contributed by atoms with E-state index in [1.54, 1.807) is 45.2 Å². The van der Waals surface area contributed by atoms with Crippen molar-refractivity contribution in [3.8, 4) is 17.3 Å². The van der Waals surface area contributed by atoms with Gasteiger partial charge in [-0.15, -0.1) is 11.3 Å². The smallest absolute Gasteiger partial charge is 0.408 e. The number of carbonyl (C=O) groups excluding carboxylic acids is 4. The largest absolute Gasteiger partial charge is 0.471 e. The summed E-state index contributed by atoms with van der Waals surface area (Å²) in [5.41, 5.74) is -1.45. The van der Waals surface area contributed by atoms with Crippen LogP contribution in [0.15, 0.2) is 54.7 Å². The maximum absolute atomic E-state index is 14.7. The molecule has 4 aromatic rings. The summed E-state index contributed by atoms with van der Waals surface area (Å²) in [4.78, 5) is 72.2. The number of pyridine rings is 1. The van der Waals surface area contributed by atoms with Gasteiger partial charge in [0.05, 0.1) is 17.3 Å². The van der Waals surface area contributed by atoms with E-state index in [0.717, 1.165) is 18.2 Å². The van der Waals surface area contributed by atoms with Gasteiger partial charge in [-0.05, 0) is 83.6 Å². The molecule has 1 saturated heterocycles. The lowest BCUT2D eigenvalue weighted by Crippen LogP contribution is -2.58. The minimum Gasteiger partial charge on any atom is -0.471 e. The molecule has 0 spiro atoms. The fourth-order valence-electron chi connectivity index (χ4n) is 7.75. The molecule has 0 bridgehead atoms. The molecule has 5 heterocycles. The molecule has 4 amide bonds. The van der Waals surface area contributed by atoms with Crippen molar-refractivity contribution < 1.29 is 41.5 Å². The molecule has 312 valence electrons. The monoisotopic (exact) mass is 847 g/mol. The second kappa shape index (κ2) is 15.7. The van der Waals surface area contributed by atoms with Crippen LogP contribution in [0.1, 0.15) is 78.6 Å². The van der Waals surface area contributed by atoms with Gasteiger partial charge >= 0.3 is 6.09 Å². The lowest BCUT2D eigenvalue weighted by Gasteiger charge is -2.30. The first-order valence-corrected chi connectivity index (χ1v) is 22.3. The molecule has 2 aliphatic carbocycles. The number of nitrogens with zero attached hydrogens (tertiary/aromatic N) is 4. The maximum atomic E-state index is 14.7. The van der Waals surface area contributed by atoms with Gasteiger partial charge in [0.25, 0.3) is 5.91 Å². The summed E-state index contributed by atoms with van der Waals surface area (Å²) in [5, 5.41) is 5.69.